The molecule has 0 N–H and O–H groups in total. The Balaban J connectivity index is 1.64. The van der Waals surface area contributed by atoms with Crippen LogP contribution < -0.4 is 10.4 Å². The minimum Gasteiger partial charge on any atom is -0.479 e. The minimum absolute atomic E-state index is 0.0278. The van der Waals surface area contributed by atoms with Gasteiger partial charge in [0, 0.05) is 46.3 Å². The molecule has 0 spiro atoms. The number of hydrogen-bond donors (Lipinski definition) is 0. The van der Waals surface area contributed by atoms with Crippen LogP contribution in [0.3, 0.4) is 0 Å². The van der Waals surface area contributed by atoms with Crippen LogP contribution in [0.5, 0.6) is 5.88 Å². The fourth-order valence-corrected chi connectivity index (χ4v) is 5.10. The number of imidazole rings is 1. The van der Waals surface area contributed by atoms with E-state index in [2.05, 4.69) is 34.7 Å². The van der Waals surface area contributed by atoms with Crippen LogP contribution in [-0.4, -0.2) is 68.7 Å². The minimum atomic E-state index is -1.26. The first kappa shape index (κ1) is 23.6. The normalized spacial score (nSPS) is 15.3. The van der Waals surface area contributed by atoms with Crippen LogP contribution in [0.15, 0.2) is 29.6 Å². The van der Waals surface area contributed by atoms with Crippen molar-refractivity contribution in [3.8, 4) is 17.3 Å². The molecule has 0 unspecified atom stereocenters. The first-order chi connectivity index (χ1) is 16.9. The summed E-state index contributed by atoms with van der Waals surface area (Å²) in [5, 5.41) is 4.38. The molecule has 35 heavy (non-hydrogen) atoms. The summed E-state index contributed by atoms with van der Waals surface area (Å²) < 4.78 is 22.3. The molecule has 1 saturated heterocycles. The summed E-state index contributed by atoms with van der Waals surface area (Å²) in [7, 11) is 0.295. The van der Waals surface area contributed by atoms with Crippen molar-refractivity contribution in [1.82, 2.24) is 33.7 Å². The average molecular weight is 498 g/mol. The molecule has 0 aromatic carbocycles. The lowest BCUT2D eigenvalue weighted by atomic mass is 10.1. The van der Waals surface area contributed by atoms with E-state index >= 15 is 0 Å². The molecule has 0 aliphatic carbocycles. The lowest BCUT2D eigenvalue weighted by Crippen LogP contribution is -2.31. The van der Waals surface area contributed by atoms with Crippen molar-refractivity contribution < 1.29 is 14.2 Å². The summed E-state index contributed by atoms with van der Waals surface area (Å²) in [6.45, 7) is 8.82. The van der Waals surface area contributed by atoms with Gasteiger partial charge in [-0.2, -0.15) is 10.1 Å². The van der Waals surface area contributed by atoms with E-state index in [1.54, 1.807) is 45.5 Å². The molecule has 0 saturated carbocycles. The summed E-state index contributed by atoms with van der Waals surface area (Å²) in [5.41, 5.74) is 2.37. The first-order valence-corrected chi connectivity index (χ1v) is 15.6. The maximum Gasteiger partial charge on any atom is 0.332 e. The van der Waals surface area contributed by atoms with Crippen LogP contribution in [0.1, 0.15) is 18.9 Å². The van der Waals surface area contributed by atoms with Crippen LogP contribution in [0.4, 0.5) is 0 Å². The van der Waals surface area contributed by atoms with Crippen molar-refractivity contribution in [2.75, 3.05) is 26.9 Å². The number of fused-ring (bicyclic) bond motifs is 2. The largest absolute Gasteiger partial charge is 0.479 e. The lowest BCUT2D eigenvalue weighted by molar-refractivity contribution is 0.0669. The Morgan fingerprint density at radius 1 is 1.17 bits per heavy atom. The highest BCUT2D eigenvalue weighted by molar-refractivity contribution is 6.76. The van der Waals surface area contributed by atoms with E-state index in [1.807, 2.05) is 0 Å². The van der Waals surface area contributed by atoms with E-state index in [4.69, 9.17) is 19.2 Å². The molecule has 12 heteroatoms. The van der Waals surface area contributed by atoms with Gasteiger partial charge in [0.15, 0.2) is 17.0 Å². The molecule has 186 valence electrons. The third-order valence-corrected chi connectivity index (χ3v) is 8.00. The Morgan fingerprint density at radius 3 is 2.71 bits per heavy atom. The number of aromatic nitrogens is 7. The van der Waals surface area contributed by atoms with Crippen LogP contribution in [-0.2, 0) is 16.2 Å². The van der Waals surface area contributed by atoms with Crippen LogP contribution in [0.2, 0.25) is 25.7 Å². The van der Waals surface area contributed by atoms with E-state index in [1.165, 1.54) is 0 Å². The second kappa shape index (κ2) is 9.51. The summed E-state index contributed by atoms with van der Waals surface area (Å²) in [6.07, 6.45) is 8.31. The summed E-state index contributed by atoms with van der Waals surface area (Å²) in [4.78, 5) is 27.5. The molecule has 1 aliphatic heterocycles. The van der Waals surface area contributed by atoms with Crippen molar-refractivity contribution in [2.24, 2.45) is 0 Å². The van der Waals surface area contributed by atoms with Crippen molar-refractivity contribution in [1.29, 1.82) is 0 Å². The molecule has 4 aromatic rings. The molecule has 0 atom stereocenters. The molecule has 4 aromatic heterocycles. The fraction of sp³-hybridized carbons (Fsp3) is 0.522. The second-order valence-electron chi connectivity index (χ2n) is 9.97. The number of nitrogens with zero attached hydrogens (tertiary/aromatic N) is 7. The fourth-order valence-electron chi connectivity index (χ4n) is 4.34. The summed E-state index contributed by atoms with van der Waals surface area (Å²) in [5.74, 6) is 0.750. The number of hydrogen-bond acceptors (Lipinski definition) is 8. The number of rotatable bonds is 8. The number of methoxy groups -OCH3 is 1. The molecule has 0 bridgehead atoms. The van der Waals surface area contributed by atoms with Gasteiger partial charge in [-0.25, -0.2) is 14.3 Å². The standard InChI is InChI=1S/C23H31N7O4Si/c1-32-22-19-21(26-20(27-22)17-13-25-29-8-7-24-14-18(17)29)30(16-5-9-33-10-6-16)23(31)28(19)15-34-11-12-35(2,3)4/h7-8,13-14,16H,5-6,9-12,15H2,1-4H3. The van der Waals surface area contributed by atoms with Gasteiger partial charge in [0.1, 0.15) is 6.73 Å². The third kappa shape index (κ3) is 4.60. The van der Waals surface area contributed by atoms with E-state index < -0.39 is 8.07 Å². The maximum atomic E-state index is 13.7. The first-order valence-electron chi connectivity index (χ1n) is 11.9. The predicted molar refractivity (Wildman–Crippen MR) is 134 cm³/mol. The highest BCUT2D eigenvalue weighted by Gasteiger charge is 2.28. The van der Waals surface area contributed by atoms with Crippen molar-refractivity contribution in [3.63, 3.8) is 0 Å². The quantitative estimate of drug-likeness (QED) is 0.270. The van der Waals surface area contributed by atoms with E-state index in [0.717, 1.165) is 24.4 Å². The molecule has 5 rings (SSSR count). The van der Waals surface area contributed by atoms with E-state index in [0.29, 0.717) is 48.3 Å². The average Bonchev–Trinajstić information content (AvgIpc) is 3.40. The monoisotopic (exact) mass is 497 g/mol. The Labute approximate surface area is 203 Å². The summed E-state index contributed by atoms with van der Waals surface area (Å²) in [6, 6.07) is 0.987. The van der Waals surface area contributed by atoms with Gasteiger partial charge in [0.2, 0.25) is 5.88 Å². The summed E-state index contributed by atoms with van der Waals surface area (Å²) >= 11 is 0. The third-order valence-electron chi connectivity index (χ3n) is 6.30. The van der Waals surface area contributed by atoms with Gasteiger partial charge in [-0.3, -0.25) is 14.1 Å². The van der Waals surface area contributed by atoms with Gasteiger partial charge in [-0.05, 0) is 18.9 Å². The van der Waals surface area contributed by atoms with Crippen LogP contribution in [0.25, 0.3) is 28.1 Å². The predicted octanol–water partition coefficient (Wildman–Crippen LogP) is 2.98. The molecular weight excluding hydrogens is 466 g/mol. The van der Waals surface area contributed by atoms with Crippen LogP contribution >= 0.6 is 0 Å². The molecule has 0 radical (unpaired) electrons. The van der Waals surface area contributed by atoms with Gasteiger partial charge >= 0.3 is 5.69 Å². The number of ether oxygens (including phenoxy) is 3. The maximum absolute atomic E-state index is 13.7. The van der Waals surface area contributed by atoms with E-state index in [9.17, 15) is 4.79 Å². The zero-order chi connectivity index (χ0) is 24.6. The van der Waals surface area contributed by atoms with Gasteiger partial charge in [0.05, 0.1) is 30.6 Å². The van der Waals surface area contributed by atoms with Gasteiger partial charge in [0.25, 0.3) is 0 Å². The van der Waals surface area contributed by atoms with Crippen LogP contribution in [0, 0.1) is 0 Å². The second-order valence-corrected chi connectivity index (χ2v) is 15.6. The molecule has 11 nitrogen and oxygen atoms in total. The molecule has 1 aliphatic rings. The Hall–Kier alpha value is -3.09. The highest BCUT2D eigenvalue weighted by atomic mass is 28.3. The Kier molecular flexibility index (Phi) is 6.43. The zero-order valence-corrected chi connectivity index (χ0v) is 21.6. The lowest BCUT2D eigenvalue weighted by Gasteiger charge is -2.23. The van der Waals surface area contributed by atoms with E-state index in [-0.39, 0.29) is 18.5 Å². The Morgan fingerprint density at radius 2 is 1.97 bits per heavy atom. The van der Waals surface area contributed by atoms with Crippen molar-refractivity contribution >= 4 is 24.8 Å². The van der Waals surface area contributed by atoms with Crippen molar-refractivity contribution in [3.05, 3.63) is 35.3 Å². The molecule has 0 amide bonds. The molecular formula is C23H31N7O4Si. The SMILES string of the molecule is COc1nc(-c2cnn3ccncc23)nc2c1n(COCC[Si](C)(C)C)c(=O)n2C1CCOCC1. The van der Waals surface area contributed by atoms with Gasteiger partial charge < -0.3 is 14.2 Å². The highest BCUT2D eigenvalue weighted by Crippen LogP contribution is 2.31. The topological polar surface area (TPSA) is 111 Å². The zero-order valence-electron chi connectivity index (χ0n) is 20.6. The smallest absolute Gasteiger partial charge is 0.332 e. The van der Waals surface area contributed by atoms with Gasteiger partial charge in [-0.15, -0.1) is 0 Å². The Bertz CT molecular complexity index is 1400. The van der Waals surface area contributed by atoms with Crippen molar-refractivity contribution in [2.45, 2.75) is 51.3 Å². The van der Waals surface area contributed by atoms with Gasteiger partial charge in [-0.1, -0.05) is 19.6 Å². The molecule has 1 fully saturated rings. The molecule has 5 heterocycles.